The molecule has 94 valence electrons. The number of hydrogen-bond acceptors (Lipinski definition) is 2. The van der Waals surface area contributed by atoms with Crippen molar-refractivity contribution in [2.24, 2.45) is 0 Å². The Kier molecular flexibility index (Phi) is 6.15. The molecule has 1 amide bonds. The van der Waals surface area contributed by atoms with Gasteiger partial charge in [0.2, 0.25) is 5.91 Å². The first-order valence-corrected chi connectivity index (χ1v) is 6.20. The van der Waals surface area contributed by atoms with Crippen LogP contribution in [0.5, 0.6) is 5.75 Å². The molecule has 0 aliphatic carbocycles. The van der Waals surface area contributed by atoms with E-state index in [9.17, 15) is 4.79 Å². The fraction of sp³-hybridized carbons (Fsp3) is 0.500. The molecule has 0 saturated heterocycles. The molecule has 0 aromatic heterocycles. The quantitative estimate of drug-likeness (QED) is 0.733. The largest absolute Gasteiger partial charge is 0.497 e. The Morgan fingerprint density at radius 3 is 2.82 bits per heavy atom. The van der Waals surface area contributed by atoms with Gasteiger partial charge in [-0.15, -0.1) is 0 Å². The van der Waals surface area contributed by atoms with Crippen LogP contribution >= 0.6 is 0 Å². The fourth-order valence-corrected chi connectivity index (χ4v) is 1.64. The summed E-state index contributed by atoms with van der Waals surface area (Å²) in [5.74, 6) is 0.836. The summed E-state index contributed by atoms with van der Waals surface area (Å²) in [7, 11) is 1.62. The smallest absolute Gasteiger partial charge is 0.224 e. The average Bonchev–Trinajstić information content (AvgIpc) is 2.35. The van der Waals surface area contributed by atoms with Crippen LogP contribution < -0.4 is 10.1 Å². The number of methoxy groups -OCH3 is 1. The van der Waals surface area contributed by atoms with E-state index in [0.29, 0.717) is 6.42 Å². The highest BCUT2D eigenvalue weighted by atomic mass is 16.5. The van der Waals surface area contributed by atoms with E-state index < -0.39 is 0 Å². The predicted molar refractivity (Wildman–Crippen MR) is 70.4 cm³/mol. The standard InChI is InChI=1S/C14H21NO2/c1-3-4-5-6-10-14(16)15-12-8-7-9-13(11-12)17-2/h7-9,11H,3-6,10H2,1-2H3,(H,15,16). The van der Waals surface area contributed by atoms with Crippen LogP contribution in [0.1, 0.15) is 39.0 Å². The van der Waals surface area contributed by atoms with Gasteiger partial charge in [0.1, 0.15) is 5.75 Å². The third-order valence-corrected chi connectivity index (χ3v) is 2.61. The fourth-order valence-electron chi connectivity index (χ4n) is 1.64. The Hall–Kier alpha value is -1.51. The Morgan fingerprint density at radius 2 is 2.12 bits per heavy atom. The monoisotopic (exact) mass is 235 g/mol. The molecule has 17 heavy (non-hydrogen) atoms. The molecule has 1 aromatic carbocycles. The van der Waals surface area contributed by atoms with Gasteiger partial charge in [-0.3, -0.25) is 4.79 Å². The summed E-state index contributed by atoms with van der Waals surface area (Å²) in [5, 5.41) is 2.87. The van der Waals surface area contributed by atoms with Crippen molar-refractivity contribution in [3.8, 4) is 5.75 Å². The van der Waals surface area contributed by atoms with Crippen molar-refractivity contribution in [2.75, 3.05) is 12.4 Å². The molecule has 1 rings (SSSR count). The Morgan fingerprint density at radius 1 is 1.29 bits per heavy atom. The highest BCUT2D eigenvalue weighted by Gasteiger charge is 2.02. The van der Waals surface area contributed by atoms with E-state index in [-0.39, 0.29) is 5.91 Å². The Bertz CT molecular complexity index is 350. The topological polar surface area (TPSA) is 38.3 Å². The molecule has 0 fully saturated rings. The molecule has 0 aliphatic heterocycles. The minimum absolute atomic E-state index is 0.0781. The van der Waals surface area contributed by atoms with E-state index in [2.05, 4.69) is 12.2 Å². The second-order valence-electron chi connectivity index (χ2n) is 4.09. The number of anilines is 1. The molecule has 0 heterocycles. The normalized spacial score (nSPS) is 10.0. The molecule has 0 radical (unpaired) electrons. The van der Waals surface area contributed by atoms with E-state index >= 15 is 0 Å². The van der Waals surface area contributed by atoms with Crippen molar-refractivity contribution in [3.05, 3.63) is 24.3 Å². The lowest BCUT2D eigenvalue weighted by molar-refractivity contribution is -0.116. The number of hydrogen-bond donors (Lipinski definition) is 1. The van der Waals surface area contributed by atoms with Gasteiger partial charge in [0.15, 0.2) is 0 Å². The molecule has 0 atom stereocenters. The SMILES string of the molecule is CCCCCCC(=O)Nc1cccc(OC)c1. The molecule has 0 unspecified atom stereocenters. The highest BCUT2D eigenvalue weighted by molar-refractivity contribution is 5.90. The molecular formula is C14H21NO2. The summed E-state index contributed by atoms with van der Waals surface area (Å²) in [6, 6.07) is 7.42. The number of rotatable bonds is 7. The predicted octanol–water partition coefficient (Wildman–Crippen LogP) is 3.60. The van der Waals surface area contributed by atoms with Crippen LogP contribution in [0.4, 0.5) is 5.69 Å². The third-order valence-electron chi connectivity index (χ3n) is 2.61. The number of nitrogens with one attached hydrogen (secondary N) is 1. The highest BCUT2D eigenvalue weighted by Crippen LogP contribution is 2.17. The summed E-state index contributed by atoms with van der Waals surface area (Å²) >= 11 is 0. The van der Waals surface area contributed by atoms with Gasteiger partial charge in [0.25, 0.3) is 0 Å². The van der Waals surface area contributed by atoms with Gasteiger partial charge in [0, 0.05) is 18.2 Å². The number of carbonyl (C=O) groups excluding carboxylic acids is 1. The third kappa shape index (κ3) is 5.38. The number of unbranched alkanes of at least 4 members (excludes halogenated alkanes) is 3. The van der Waals surface area contributed by atoms with Gasteiger partial charge in [-0.2, -0.15) is 0 Å². The first-order chi connectivity index (χ1) is 8.26. The van der Waals surface area contributed by atoms with E-state index in [1.807, 2.05) is 24.3 Å². The Balaban J connectivity index is 2.34. The van der Waals surface area contributed by atoms with Gasteiger partial charge in [0.05, 0.1) is 7.11 Å². The number of carbonyl (C=O) groups is 1. The van der Waals surface area contributed by atoms with Crippen LogP contribution in [0.15, 0.2) is 24.3 Å². The zero-order chi connectivity index (χ0) is 12.5. The zero-order valence-corrected chi connectivity index (χ0v) is 10.7. The molecule has 0 aliphatic rings. The Labute approximate surface area is 103 Å². The van der Waals surface area contributed by atoms with Crippen LogP contribution in [0.2, 0.25) is 0 Å². The number of amides is 1. The maximum Gasteiger partial charge on any atom is 0.224 e. The number of ether oxygens (including phenoxy) is 1. The molecular weight excluding hydrogens is 214 g/mol. The van der Waals surface area contributed by atoms with Crippen LogP contribution in [0.3, 0.4) is 0 Å². The second-order valence-corrected chi connectivity index (χ2v) is 4.09. The maximum atomic E-state index is 11.6. The first kappa shape index (κ1) is 13.6. The van der Waals surface area contributed by atoms with Crippen molar-refractivity contribution in [3.63, 3.8) is 0 Å². The minimum atomic E-state index is 0.0781. The van der Waals surface area contributed by atoms with Crippen LogP contribution in [0.25, 0.3) is 0 Å². The van der Waals surface area contributed by atoms with Crippen molar-refractivity contribution in [1.82, 2.24) is 0 Å². The zero-order valence-electron chi connectivity index (χ0n) is 10.7. The molecule has 1 aromatic rings. The summed E-state index contributed by atoms with van der Waals surface area (Å²) in [6.45, 7) is 2.16. The van der Waals surface area contributed by atoms with E-state index in [1.54, 1.807) is 7.11 Å². The van der Waals surface area contributed by atoms with Crippen molar-refractivity contribution < 1.29 is 9.53 Å². The van der Waals surface area contributed by atoms with Crippen molar-refractivity contribution in [2.45, 2.75) is 39.0 Å². The minimum Gasteiger partial charge on any atom is -0.497 e. The number of benzene rings is 1. The van der Waals surface area contributed by atoms with Gasteiger partial charge >= 0.3 is 0 Å². The van der Waals surface area contributed by atoms with Gasteiger partial charge in [-0.25, -0.2) is 0 Å². The summed E-state index contributed by atoms with van der Waals surface area (Å²) < 4.78 is 5.10. The molecule has 3 nitrogen and oxygen atoms in total. The van der Waals surface area contributed by atoms with E-state index in [4.69, 9.17) is 4.74 Å². The molecule has 0 bridgehead atoms. The molecule has 3 heteroatoms. The van der Waals surface area contributed by atoms with Gasteiger partial charge in [-0.05, 0) is 18.6 Å². The lowest BCUT2D eigenvalue weighted by atomic mass is 10.1. The van der Waals surface area contributed by atoms with Crippen molar-refractivity contribution in [1.29, 1.82) is 0 Å². The molecule has 1 N–H and O–H groups in total. The summed E-state index contributed by atoms with van der Waals surface area (Å²) in [4.78, 5) is 11.6. The van der Waals surface area contributed by atoms with E-state index in [1.165, 1.54) is 12.8 Å². The van der Waals surface area contributed by atoms with Gasteiger partial charge < -0.3 is 10.1 Å². The molecule has 0 saturated carbocycles. The lowest BCUT2D eigenvalue weighted by Crippen LogP contribution is -2.10. The van der Waals surface area contributed by atoms with Crippen LogP contribution in [0, 0.1) is 0 Å². The van der Waals surface area contributed by atoms with Gasteiger partial charge in [-0.1, -0.05) is 32.3 Å². The second kappa shape index (κ2) is 7.71. The van der Waals surface area contributed by atoms with Crippen LogP contribution in [-0.2, 0) is 4.79 Å². The van der Waals surface area contributed by atoms with E-state index in [0.717, 1.165) is 24.3 Å². The lowest BCUT2D eigenvalue weighted by Gasteiger charge is -2.06. The molecule has 0 spiro atoms. The van der Waals surface area contributed by atoms with Crippen LogP contribution in [-0.4, -0.2) is 13.0 Å². The maximum absolute atomic E-state index is 11.6. The first-order valence-electron chi connectivity index (χ1n) is 6.20. The van der Waals surface area contributed by atoms with Crippen molar-refractivity contribution >= 4 is 11.6 Å². The average molecular weight is 235 g/mol. The summed E-state index contributed by atoms with van der Waals surface area (Å²) in [5.41, 5.74) is 0.796. The summed E-state index contributed by atoms with van der Waals surface area (Å²) in [6.07, 6.45) is 5.08.